The van der Waals surface area contributed by atoms with E-state index in [4.69, 9.17) is 18.4 Å². The molecule has 4 bridgehead atoms. The van der Waals surface area contributed by atoms with Crippen LogP contribution in [0.4, 0.5) is 0 Å². The Kier molecular flexibility index (Phi) is 2.42. The van der Waals surface area contributed by atoms with E-state index in [1.807, 2.05) is 0 Å². The fraction of sp³-hybridized carbons (Fsp3) is 0.867. The van der Waals surface area contributed by atoms with Crippen molar-refractivity contribution in [3.8, 4) is 0 Å². The molecule has 10 unspecified atom stereocenters. The maximum absolute atomic E-state index is 12.7. The largest absolute Gasteiger partial charge is 0.462 e. The average molecular weight is 356 g/mol. The number of esters is 2. The van der Waals surface area contributed by atoms with Crippen molar-refractivity contribution in [2.24, 2.45) is 23.7 Å². The SMILES string of the molecule is O=C(OC1C2CC3C(O2)C1OS3(=O)=O)C1C2CC3OC(=O)C1C3C2. The Morgan fingerprint density at radius 2 is 1.96 bits per heavy atom. The van der Waals surface area contributed by atoms with Crippen molar-refractivity contribution in [1.82, 2.24) is 0 Å². The van der Waals surface area contributed by atoms with Crippen molar-refractivity contribution in [2.45, 2.75) is 55.0 Å². The number of hydrogen-bond acceptors (Lipinski definition) is 8. The predicted molar refractivity (Wildman–Crippen MR) is 73.8 cm³/mol. The number of carbonyl (C=O) groups is 2. The molecule has 0 aromatic carbocycles. The van der Waals surface area contributed by atoms with Gasteiger partial charge in [-0.15, -0.1) is 0 Å². The van der Waals surface area contributed by atoms with Crippen LogP contribution in [0.3, 0.4) is 0 Å². The first kappa shape index (κ1) is 14.0. The first-order valence-corrected chi connectivity index (χ1v) is 9.90. The van der Waals surface area contributed by atoms with Crippen molar-refractivity contribution in [2.75, 3.05) is 0 Å². The zero-order valence-electron chi connectivity index (χ0n) is 12.6. The molecule has 2 aliphatic carbocycles. The van der Waals surface area contributed by atoms with Crippen molar-refractivity contribution in [3.63, 3.8) is 0 Å². The molecular formula is C15H16O8S. The fourth-order valence-corrected chi connectivity index (χ4v) is 7.55. The van der Waals surface area contributed by atoms with Gasteiger partial charge in [-0.05, 0) is 25.2 Å². The van der Waals surface area contributed by atoms with Gasteiger partial charge in [0, 0.05) is 5.92 Å². The van der Waals surface area contributed by atoms with Crippen LogP contribution in [0, 0.1) is 23.7 Å². The van der Waals surface area contributed by atoms with E-state index in [-0.39, 0.29) is 23.9 Å². The monoisotopic (exact) mass is 356 g/mol. The van der Waals surface area contributed by atoms with Gasteiger partial charge in [-0.3, -0.25) is 13.8 Å². The summed E-state index contributed by atoms with van der Waals surface area (Å²) in [6, 6.07) is 0. The van der Waals surface area contributed by atoms with Gasteiger partial charge < -0.3 is 14.2 Å². The molecule has 10 atom stereocenters. The molecular weight excluding hydrogens is 340 g/mol. The average Bonchev–Trinajstić information content (AvgIpc) is 3.26. The summed E-state index contributed by atoms with van der Waals surface area (Å²) in [5, 5.41) is -0.643. The summed E-state index contributed by atoms with van der Waals surface area (Å²) in [6.45, 7) is 0. The third kappa shape index (κ3) is 1.50. The number of fused-ring (bicyclic) bond motifs is 2. The molecule has 4 saturated heterocycles. The number of carbonyl (C=O) groups excluding carboxylic acids is 2. The molecule has 0 amide bonds. The molecule has 0 spiro atoms. The smallest absolute Gasteiger partial charge is 0.310 e. The Hall–Kier alpha value is -1.19. The van der Waals surface area contributed by atoms with E-state index in [9.17, 15) is 18.0 Å². The van der Waals surface area contributed by atoms with Gasteiger partial charge in [-0.25, -0.2) is 0 Å². The normalized spacial score (nSPS) is 57.6. The molecule has 24 heavy (non-hydrogen) atoms. The lowest BCUT2D eigenvalue weighted by Gasteiger charge is -2.27. The Morgan fingerprint density at radius 1 is 1.12 bits per heavy atom. The Morgan fingerprint density at radius 3 is 2.79 bits per heavy atom. The first-order chi connectivity index (χ1) is 11.4. The van der Waals surface area contributed by atoms with Crippen LogP contribution in [0.2, 0.25) is 0 Å². The lowest BCUT2D eigenvalue weighted by atomic mass is 9.80. The van der Waals surface area contributed by atoms with Gasteiger partial charge in [0.25, 0.3) is 10.1 Å². The van der Waals surface area contributed by atoms with E-state index in [0.29, 0.717) is 6.42 Å². The van der Waals surface area contributed by atoms with Crippen LogP contribution in [0.1, 0.15) is 19.3 Å². The van der Waals surface area contributed by atoms with Crippen LogP contribution in [0.15, 0.2) is 0 Å². The summed E-state index contributed by atoms with van der Waals surface area (Å²) in [6.07, 6.45) is -0.627. The molecule has 130 valence electrons. The van der Waals surface area contributed by atoms with Gasteiger partial charge in [0.15, 0.2) is 6.10 Å². The highest BCUT2D eigenvalue weighted by molar-refractivity contribution is 7.87. The molecule has 4 heterocycles. The minimum atomic E-state index is -3.64. The standard InChI is InChI=1S/C15H16O8S/c16-14(9-4-1-5-6(2-4)21-15(17)10(5)9)22-11-7-3-8-12(20-7)13(11)23-24(8,18)19/h4-13H,1-3H2. The third-order valence-electron chi connectivity index (χ3n) is 6.80. The second kappa shape index (κ2) is 4.13. The molecule has 4 aliphatic heterocycles. The van der Waals surface area contributed by atoms with E-state index in [1.54, 1.807) is 0 Å². The van der Waals surface area contributed by atoms with E-state index >= 15 is 0 Å². The van der Waals surface area contributed by atoms with Crippen LogP contribution < -0.4 is 0 Å². The number of hydrogen-bond donors (Lipinski definition) is 0. The fourth-order valence-electron chi connectivity index (χ4n) is 5.91. The van der Waals surface area contributed by atoms with Crippen molar-refractivity contribution < 1.29 is 36.4 Å². The van der Waals surface area contributed by atoms with Crippen LogP contribution in [-0.4, -0.2) is 56.1 Å². The van der Waals surface area contributed by atoms with E-state index in [1.165, 1.54) is 0 Å². The van der Waals surface area contributed by atoms with Gasteiger partial charge in [0.05, 0.1) is 17.9 Å². The molecule has 0 aromatic rings. The summed E-state index contributed by atoms with van der Waals surface area (Å²) in [5.74, 6) is -1.37. The zero-order chi connectivity index (χ0) is 16.4. The maximum Gasteiger partial charge on any atom is 0.310 e. The molecule has 6 rings (SSSR count). The topological polar surface area (TPSA) is 105 Å². The minimum absolute atomic E-state index is 0.0357. The van der Waals surface area contributed by atoms with Crippen LogP contribution in [-0.2, 0) is 38.1 Å². The summed E-state index contributed by atoms with van der Waals surface area (Å²) < 4.78 is 45.6. The van der Waals surface area contributed by atoms with Crippen LogP contribution >= 0.6 is 0 Å². The van der Waals surface area contributed by atoms with Gasteiger partial charge >= 0.3 is 11.9 Å². The van der Waals surface area contributed by atoms with Crippen molar-refractivity contribution in [3.05, 3.63) is 0 Å². The van der Waals surface area contributed by atoms with E-state index in [2.05, 4.69) is 0 Å². The molecule has 0 aromatic heterocycles. The van der Waals surface area contributed by atoms with Crippen molar-refractivity contribution >= 4 is 22.1 Å². The predicted octanol–water partition coefficient (Wildman–Crippen LogP) is -0.636. The summed E-state index contributed by atoms with van der Waals surface area (Å²) in [5.41, 5.74) is 0. The van der Waals surface area contributed by atoms with Crippen molar-refractivity contribution in [1.29, 1.82) is 0 Å². The first-order valence-electron chi connectivity index (χ1n) is 8.42. The Labute approximate surface area is 137 Å². The molecule has 0 N–H and O–H groups in total. The number of ether oxygens (including phenoxy) is 3. The number of rotatable bonds is 2. The highest BCUT2D eigenvalue weighted by Gasteiger charge is 2.69. The third-order valence-corrected chi connectivity index (χ3v) is 8.49. The summed E-state index contributed by atoms with van der Waals surface area (Å²) >= 11 is 0. The highest BCUT2D eigenvalue weighted by Crippen LogP contribution is 2.58. The van der Waals surface area contributed by atoms with Gasteiger partial charge in [-0.2, -0.15) is 8.42 Å². The second-order valence-electron chi connectivity index (χ2n) is 7.79. The molecule has 2 saturated carbocycles. The highest BCUT2D eigenvalue weighted by atomic mass is 32.2. The Bertz CT molecular complexity index is 759. The molecule has 6 fully saturated rings. The second-order valence-corrected chi connectivity index (χ2v) is 9.57. The summed E-state index contributed by atoms with van der Waals surface area (Å²) in [4.78, 5) is 24.8. The molecule has 6 aliphatic rings. The van der Waals surface area contributed by atoms with Gasteiger partial charge in [0.2, 0.25) is 0 Å². The molecule has 0 radical (unpaired) electrons. The van der Waals surface area contributed by atoms with E-state index in [0.717, 1.165) is 12.8 Å². The van der Waals surface area contributed by atoms with Gasteiger partial charge in [0.1, 0.15) is 23.6 Å². The zero-order valence-corrected chi connectivity index (χ0v) is 13.4. The molecule has 8 nitrogen and oxygen atoms in total. The van der Waals surface area contributed by atoms with Crippen LogP contribution in [0.5, 0.6) is 0 Å². The quantitative estimate of drug-likeness (QED) is 0.475. The lowest BCUT2D eigenvalue weighted by Crippen LogP contribution is -2.44. The summed E-state index contributed by atoms with van der Waals surface area (Å²) in [7, 11) is -3.64. The Balaban J connectivity index is 1.25. The molecule has 9 heteroatoms. The minimum Gasteiger partial charge on any atom is -0.462 e. The maximum atomic E-state index is 12.7. The van der Waals surface area contributed by atoms with Gasteiger partial charge in [-0.1, -0.05) is 0 Å². The van der Waals surface area contributed by atoms with E-state index < -0.39 is 57.6 Å². The lowest BCUT2D eigenvalue weighted by molar-refractivity contribution is -0.165. The van der Waals surface area contributed by atoms with Crippen LogP contribution in [0.25, 0.3) is 0 Å².